The Kier molecular flexibility index (Phi) is 4.04. The summed E-state index contributed by atoms with van der Waals surface area (Å²) >= 11 is 0. The molecule has 0 spiro atoms. The lowest BCUT2D eigenvalue weighted by Crippen LogP contribution is -2.09. The lowest BCUT2D eigenvalue weighted by molar-refractivity contribution is -0.139. The van der Waals surface area contributed by atoms with E-state index in [0.29, 0.717) is 12.5 Å². The Morgan fingerprint density at radius 1 is 1.31 bits per heavy atom. The molecule has 0 unspecified atom stereocenters. The molecule has 5 heteroatoms. The SMILES string of the molecule is CCCCOc1ccc(O)cc1C(F)(F)F. The molecule has 0 aliphatic carbocycles. The fourth-order valence-corrected chi connectivity index (χ4v) is 1.19. The fourth-order valence-electron chi connectivity index (χ4n) is 1.19. The van der Waals surface area contributed by atoms with Crippen LogP contribution in [-0.2, 0) is 6.18 Å². The smallest absolute Gasteiger partial charge is 0.420 e. The molecule has 0 aliphatic heterocycles. The topological polar surface area (TPSA) is 29.5 Å². The summed E-state index contributed by atoms with van der Waals surface area (Å²) in [7, 11) is 0. The number of halogens is 3. The Balaban J connectivity index is 2.90. The second-order valence-electron chi connectivity index (χ2n) is 3.38. The summed E-state index contributed by atoms with van der Waals surface area (Å²) < 4.78 is 42.7. The summed E-state index contributed by atoms with van der Waals surface area (Å²) in [5, 5.41) is 9.02. The summed E-state index contributed by atoms with van der Waals surface area (Å²) in [6.45, 7) is 2.16. The van der Waals surface area contributed by atoms with Gasteiger partial charge in [-0.05, 0) is 24.6 Å². The second kappa shape index (κ2) is 5.09. The number of phenols is 1. The standard InChI is InChI=1S/C11H13F3O2/c1-2-3-6-16-10-5-4-8(15)7-9(10)11(12,13)14/h4-5,7,15H,2-3,6H2,1H3. The molecule has 0 saturated heterocycles. The van der Waals surface area contributed by atoms with Crippen LogP contribution in [0.25, 0.3) is 0 Å². The first-order valence-corrected chi connectivity index (χ1v) is 4.98. The van der Waals surface area contributed by atoms with Crippen molar-refractivity contribution >= 4 is 0 Å². The molecule has 0 heterocycles. The maximum absolute atomic E-state index is 12.5. The van der Waals surface area contributed by atoms with Crippen LogP contribution in [0.3, 0.4) is 0 Å². The van der Waals surface area contributed by atoms with E-state index in [4.69, 9.17) is 9.84 Å². The number of hydrogen-bond donors (Lipinski definition) is 1. The van der Waals surface area contributed by atoms with Gasteiger partial charge in [0.25, 0.3) is 0 Å². The number of aromatic hydroxyl groups is 1. The number of rotatable bonds is 4. The van der Waals surface area contributed by atoms with Crippen molar-refractivity contribution in [2.45, 2.75) is 25.9 Å². The molecule has 0 radical (unpaired) electrons. The minimum atomic E-state index is -4.51. The van der Waals surface area contributed by atoms with Crippen LogP contribution in [-0.4, -0.2) is 11.7 Å². The van der Waals surface area contributed by atoms with Crippen molar-refractivity contribution in [1.82, 2.24) is 0 Å². The van der Waals surface area contributed by atoms with Crippen molar-refractivity contribution in [3.8, 4) is 11.5 Å². The highest BCUT2D eigenvalue weighted by Crippen LogP contribution is 2.38. The monoisotopic (exact) mass is 234 g/mol. The van der Waals surface area contributed by atoms with Crippen LogP contribution in [0.4, 0.5) is 13.2 Å². The van der Waals surface area contributed by atoms with E-state index in [1.165, 1.54) is 6.07 Å². The van der Waals surface area contributed by atoms with Crippen molar-refractivity contribution in [2.75, 3.05) is 6.61 Å². The summed E-state index contributed by atoms with van der Waals surface area (Å²) in [5.74, 6) is -0.658. The number of unbranched alkanes of at least 4 members (excludes halogenated alkanes) is 1. The predicted molar refractivity (Wildman–Crippen MR) is 53.5 cm³/mol. The average molecular weight is 234 g/mol. The second-order valence-corrected chi connectivity index (χ2v) is 3.38. The van der Waals surface area contributed by atoms with Crippen LogP contribution in [0.15, 0.2) is 18.2 Å². The number of phenolic OH excluding ortho intramolecular Hbond substituents is 1. The zero-order chi connectivity index (χ0) is 12.2. The molecule has 0 aliphatic rings. The highest BCUT2D eigenvalue weighted by atomic mass is 19.4. The molecule has 0 saturated carbocycles. The number of hydrogen-bond acceptors (Lipinski definition) is 2. The fraction of sp³-hybridized carbons (Fsp3) is 0.455. The van der Waals surface area contributed by atoms with Gasteiger partial charge in [-0.15, -0.1) is 0 Å². The van der Waals surface area contributed by atoms with Gasteiger partial charge < -0.3 is 9.84 Å². The van der Waals surface area contributed by atoms with Gasteiger partial charge in [-0.1, -0.05) is 13.3 Å². The average Bonchev–Trinajstić information content (AvgIpc) is 2.19. The summed E-state index contributed by atoms with van der Waals surface area (Å²) in [4.78, 5) is 0. The molecule has 2 nitrogen and oxygen atoms in total. The largest absolute Gasteiger partial charge is 0.508 e. The van der Waals surface area contributed by atoms with E-state index in [9.17, 15) is 13.2 Å². The first-order valence-electron chi connectivity index (χ1n) is 4.98. The van der Waals surface area contributed by atoms with Crippen molar-refractivity contribution in [2.24, 2.45) is 0 Å². The van der Waals surface area contributed by atoms with Crippen molar-refractivity contribution in [1.29, 1.82) is 0 Å². The number of ether oxygens (including phenoxy) is 1. The minimum absolute atomic E-state index is 0.237. The third-order valence-corrected chi connectivity index (χ3v) is 2.02. The lowest BCUT2D eigenvalue weighted by atomic mass is 10.2. The molecule has 1 rings (SSSR count). The molecule has 0 fully saturated rings. The third-order valence-electron chi connectivity index (χ3n) is 2.02. The molecule has 1 aromatic carbocycles. The van der Waals surface area contributed by atoms with Gasteiger partial charge in [0.05, 0.1) is 6.61 Å². The molecular weight excluding hydrogens is 221 g/mol. The zero-order valence-corrected chi connectivity index (χ0v) is 8.84. The first kappa shape index (κ1) is 12.7. The third kappa shape index (κ3) is 3.32. The molecule has 16 heavy (non-hydrogen) atoms. The quantitative estimate of drug-likeness (QED) is 0.806. The molecule has 90 valence electrons. The van der Waals surface area contributed by atoms with Crippen LogP contribution in [0.2, 0.25) is 0 Å². The molecule has 1 N–H and O–H groups in total. The van der Waals surface area contributed by atoms with E-state index < -0.39 is 17.5 Å². The maximum atomic E-state index is 12.5. The Morgan fingerprint density at radius 3 is 2.56 bits per heavy atom. The Labute approximate surface area is 91.7 Å². The molecule has 0 bridgehead atoms. The van der Waals surface area contributed by atoms with E-state index >= 15 is 0 Å². The van der Waals surface area contributed by atoms with Gasteiger partial charge >= 0.3 is 6.18 Å². The van der Waals surface area contributed by atoms with E-state index in [1.807, 2.05) is 6.92 Å². The van der Waals surface area contributed by atoms with Crippen molar-refractivity contribution in [3.05, 3.63) is 23.8 Å². The Morgan fingerprint density at radius 2 is 2.00 bits per heavy atom. The molecule has 1 aromatic rings. The Bertz CT molecular complexity index is 348. The van der Waals surface area contributed by atoms with Crippen molar-refractivity contribution < 1.29 is 23.0 Å². The van der Waals surface area contributed by atoms with E-state index in [0.717, 1.165) is 12.5 Å². The highest BCUT2D eigenvalue weighted by Gasteiger charge is 2.34. The zero-order valence-electron chi connectivity index (χ0n) is 8.84. The van der Waals surface area contributed by atoms with Gasteiger partial charge in [0.2, 0.25) is 0 Å². The van der Waals surface area contributed by atoms with Crippen LogP contribution in [0.5, 0.6) is 11.5 Å². The maximum Gasteiger partial charge on any atom is 0.420 e. The van der Waals surface area contributed by atoms with E-state index in [-0.39, 0.29) is 12.4 Å². The predicted octanol–water partition coefficient (Wildman–Crippen LogP) is 3.59. The minimum Gasteiger partial charge on any atom is -0.508 e. The lowest BCUT2D eigenvalue weighted by Gasteiger charge is -2.13. The highest BCUT2D eigenvalue weighted by molar-refractivity contribution is 5.41. The first-order chi connectivity index (χ1) is 7.45. The van der Waals surface area contributed by atoms with Crippen LogP contribution in [0.1, 0.15) is 25.3 Å². The van der Waals surface area contributed by atoms with Crippen LogP contribution >= 0.6 is 0 Å². The molecule has 0 atom stereocenters. The van der Waals surface area contributed by atoms with Crippen LogP contribution in [0, 0.1) is 0 Å². The number of alkyl halides is 3. The van der Waals surface area contributed by atoms with Gasteiger partial charge in [0, 0.05) is 0 Å². The van der Waals surface area contributed by atoms with Gasteiger partial charge in [-0.25, -0.2) is 0 Å². The van der Waals surface area contributed by atoms with E-state index in [2.05, 4.69) is 0 Å². The van der Waals surface area contributed by atoms with Gasteiger partial charge in [-0.2, -0.15) is 13.2 Å². The molecule has 0 aromatic heterocycles. The summed E-state index contributed by atoms with van der Waals surface area (Å²) in [5.41, 5.74) is -0.941. The van der Waals surface area contributed by atoms with Gasteiger partial charge in [0.15, 0.2) is 0 Å². The van der Waals surface area contributed by atoms with Crippen molar-refractivity contribution in [3.63, 3.8) is 0 Å². The summed E-state index contributed by atoms with van der Waals surface area (Å²) in [6.07, 6.45) is -2.97. The number of benzene rings is 1. The molecular formula is C11H13F3O2. The van der Waals surface area contributed by atoms with Crippen LogP contribution < -0.4 is 4.74 Å². The molecule has 0 amide bonds. The summed E-state index contributed by atoms with van der Waals surface area (Å²) in [6, 6.07) is 2.98. The Hall–Kier alpha value is -1.39. The van der Waals surface area contributed by atoms with E-state index in [1.54, 1.807) is 0 Å². The van der Waals surface area contributed by atoms with Gasteiger partial charge in [-0.3, -0.25) is 0 Å². The normalized spacial score (nSPS) is 11.5. The van der Waals surface area contributed by atoms with Gasteiger partial charge in [0.1, 0.15) is 17.1 Å².